The number of benzene rings is 4. The largest absolute Gasteiger partial charge is 0.490 e. The van der Waals surface area contributed by atoms with Gasteiger partial charge in [-0.2, -0.15) is 5.26 Å². The van der Waals surface area contributed by atoms with E-state index in [0.717, 1.165) is 21.9 Å². The Hall–Kier alpha value is -4.27. The van der Waals surface area contributed by atoms with E-state index < -0.39 is 5.91 Å². The number of aryl methyl sites for hydroxylation is 1. The number of fused-ring (bicyclic) bond motifs is 1. The van der Waals surface area contributed by atoms with Gasteiger partial charge in [0.15, 0.2) is 11.5 Å². The minimum atomic E-state index is -0.506. The van der Waals surface area contributed by atoms with Crippen molar-refractivity contribution in [3.8, 4) is 17.6 Å². The zero-order chi connectivity index (χ0) is 25.5. The van der Waals surface area contributed by atoms with Gasteiger partial charge in [-0.05, 0) is 77.7 Å². The van der Waals surface area contributed by atoms with Crippen LogP contribution in [0.4, 0.5) is 5.69 Å². The number of hydrogen-bond acceptors (Lipinski definition) is 4. The molecule has 1 N–H and O–H groups in total. The lowest BCUT2D eigenvalue weighted by Gasteiger charge is -2.15. The Bertz CT molecular complexity index is 1490. The van der Waals surface area contributed by atoms with Crippen LogP contribution in [0.3, 0.4) is 0 Å². The van der Waals surface area contributed by atoms with Crippen molar-refractivity contribution in [1.29, 1.82) is 5.26 Å². The van der Waals surface area contributed by atoms with E-state index >= 15 is 0 Å². The first-order valence-corrected chi connectivity index (χ1v) is 11.9. The smallest absolute Gasteiger partial charge is 0.266 e. The molecule has 0 spiro atoms. The first kappa shape index (κ1) is 24.8. The van der Waals surface area contributed by atoms with Crippen molar-refractivity contribution in [1.82, 2.24) is 0 Å². The molecule has 0 aliphatic carbocycles. The van der Waals surface area contributed by atoms with Crippen molar-refractivity contribution in [3.05, 3.63) is 106 Å². The quantitative estimate of drug-likeness (QED) is 0.205. The highest BCUT2D eigenvalue weighted by atomic mass is 35.5. The zero-order valence-electron chi connectivity index (χ0n) is 20.0. The summed E-state index contributed by atoms with van der Waals surface area (Å²) in [5.41, 5.74) is 3.11. The zero-order valence-corrected chi connectivity index (χ0v) is 20.8. The van der Waals surface area contributed by atoms with Crippen molar-refractivity contribution < 1.29 is 14.3 Å². The predicted molar refractivity (Wildman–Crippen MR) is 144 cm³/mol. The molecule has 0 aliphatic rings. The predicted octanol–water partition coefficient (Wildman–Crippen LogP) is 7.33. The van der Waals surface area contributed by atoms with Gasteiger partial charge in [-0.3, -0.25) is 4.79 Å². The van der Waals surface area contributed by atoms with Gasteiger partial charge in [0.1, 0.15) is 18.2 Å². The van der Waals surface area contributed by atoms with E-state index in [9.17, 15) is 10.1 Å². The molecular weight excluding hydrogens is 472 g/mol. The SMILES string of the molecule is CCOc1cc(/C=C(\C#N)C(=O)Nc2cccc(C)c2)cc(Cl)c1OCc1ccc2ccccc2c1. The Morgan fingerprint density at radius 1 is 1.00 bits per heavy atom. The van der Waals surface area contributed by atoms with Crippen LogP contribution in [0.25, 0.3) is 16.8 Å². The van der Waals surface area contributed by atoms with Crippen molar-refractivity contribution in [2.45, 2.75) is 20.5 Å². The monoisotopic (exact) mass is 496 g/mol. The maximum Gasteiger partial charge on any atom is 0.266 e. The lowest BCUT2D eigenvalue weighted by Crippen LogP contribution is -2.13. The fourth-order valence-corrected chi connectivity index (χ4v) is 4.07. The van der Waals surface area contributed by atoms with Crippen LogP contribution in [-0.4, -0.2) is 12.5 Å². The molecule has 4 aromatic carbocycles. The number of anilines is 1. The second kappa shape index (κ2) is 11.4. The number of ether oxygens (including phenoxy) is 2. The second-order valence-electron chi connectivity index (χ2n) is 8.23. The highest BCUT2D eigenvalue weighted by molar-refractivity contribution is 6.32. The van der Waals surface area contributed by atoms with Crippen LogP contribution in [-0.2, 0) is 11.4 Å². The molecule has 0 aromatic heterocycles. The van der Waals surface area contributed by atoms with Gasteiger partial charge in [0.05, 0.1) is 11.6 Å². The number of amides is 1. The van der Waals surface area contributed by atoms with Crippen molar-refractivity contribution >= 4 is 40.0 Å². The van der Waals surface area contributed by atoms with Crippen LogP contribution in [0.2, 0.25) is 5.02 Å². The molecule has 4 aromatic rings. The van der Waals surface area contributed by atoms with Crippen molar-refractivity contribution in [2.24, 2.45) is 0 Å². The van der Waals surface area contributed by atoms with E-state index in [0.29, 0.717) is 41.0 Å². The number of nitrogens with zero attached hydrogens (tertiary/aromatic N) is 1. The Balaban J connectivity index is 1.56. The van der Waals surface area contributed by atoms with Crippen molar-refractivity contribution in [2.75, 3.05) is 11.9 Å². The number of rotatable bonds is 8. The molecule has 0 saturated carbocycles. The van der Waals surface area contributed by atoms with Gasteiger partial charge < -0.3 is 14.8 Å². The van der Waals surface area contributed by atoms with Crippen LogP contribution in [0.1, 0.15) is 23.6 Å². The van der Waals surface area contributed by atoms with Gasteiger partial charge in [0, 0.05) is 5.69 Å². The Morgan fingerprint density at radius 3 is 2.56 bits per heavy atom. The molecule has 0 radical (unpaired) electrons. The number of nitriles is 1. The average Bonchev–Trinajstić information content (AvgIpc) is 2.87. The third kappa shape index (κ3) is 6.04. The first-order chi connectivity index (χ1) is 17.5. The molecule has 4 rings (SSSR count). The second-order valence-corrected chi connectivity index (χ2v) is 8.63. The Kier molecular flexibility index (Phi) is 7.89. The molecule has 0 bridgehead atoms. The van der Waals surface area contributed by atoms with Gasteiger partial charge in [-0.25, -0.2) is 0 Å². The van der Waals surface area contributed by atoms with E-state index in [1.54, 1.807) is 18.2 Å². The normalized spacial score (nSPS) is 11.1. The number of carbonyl (C=O) groups is 1. The van der Waals surface area contributed by atoms with E-state index in [4.69, 9.17) is 21.1 Å². The summed E-state index contributed by atoms with van der Waals surface area (Å²) >= 11 is 6.57. The molecule has 0 fully saturated rings. The summed E-state index contributed by atoms with van der Waals surface area (Å²) in [4.78, 5) is 12.7. The number of hydrogen-bond donors (Lipinski definition) is 1. The number of nitrogens with one attached hydrogen (secondary N) is 1. The number of carbonyl (C=O) groups excluding carboxylic acids is 1. The van der Waals surface area contributed by atoms with Crippen LogP contribution >= 0.6 is 11.6 Å². The first-order valence-electron chi connectivity index (χ1n) is 11.5. The summed E-state index contributed by atoms with van der Waals surface area (Å²) in [5, 5.41) is 15.0. The molecule has 6 heteroatoms. The number of halogens is 1. The highest BCUT2D eigenvalue weighted by Crippen LogP contribution is 2.38. The molecule has 5 nitrogen and oxygen atoms in total. The molecule has 180 valence electrons. The van der Waals surface area contributed by atoms with Gasteiger partial charge in [-0.1, -0.05) is 60.1 Å². The fourth-order valence-electron chi connectivity index (χ4n) is 3.79. The van der Waals surface area contributed by atoms with E-state index in [1.165, 1.54) is 6.08 Å². The average molecular weight is 497 g/mol. The van der Waals surface area contributed by atoms with Gasteiger partial charge in [0.2, 0.25) is 0 Å². The lowest BCUT2D eigenvalue weighted by atomic mass is 10.1. The summed E-state index contributed by atoms with van der Waals surface area (Å²) in [5.74, 6) is 0.341. The van der Waals surface area contributed by atoms with Gasteiger partial charge in [0.25, 0.3) is 5.91 Å². The molecule has 0 saturated heterocycles. The van der Waals surface area contributed by atoms with E-state index in [-0.39, 0.29) is 5.57 Å². The Labute approximate surface area is 215 Å². The van der Waals surface area contributed by atoms with Crippen LogP contribution in [0, 0.1) is 18.3 Å². The maximum atomic E-state index is 12.7. The Morgan fingerprint density at radius 2 is 1.81 bits per heavy atom. The molecular formula is C30H25ClN2O3. The molecule has 0 aliphatic heterocycles. The molecule has 0 atom stereocenters. The van der Waals surface area contributed by atoms with Gasteiger partial charge in [-0.15, -0.1) is 0 Å². The van der Waals surface area contributed by atoms with E-state index in [2.05, 4.69) is 29.6 Å². The maximum absolute atomic E-state index is 12.7. The van der Waals surface area contributed by atoms with E-state index in [1.807, 2.05) is 56.3 Å². The third-order valence-corrected chi connectivity index (χ3v) is 5.76. The third-order valence-electron chi connectivity index (χ3n) is 5.48. The fraction of sp³-hybridized carbons (Fsp3) is 0.133. The van der Waals surface area contributed by atoms with Crippen LogP contribution in [0.5, 0.6) is 11.5 Å². The minimum Gasteiger partial charge on any atom is -0.490 e. The standard InChI is InChI=1S/C30H25ClN2O3/c1-3-35-28-17-22(15-25(18-32)30(34)33-26-10-6-7-20(2)13-26)16-27(31)29(28)36-19-21-11-12-23-8-4-5-9-24(23)14-21/h4-17H,3,19H2,1-2H3,(H,33,34)/b25-15+. The molecule has 0 unspecified atom stereocenters. The minimum absolute atomic E-state index is 0.0557. The summed E-state index contributed by atoms with van der Waals surface area (Å²) in [7, 11) is 0. The van der Waals surface area contributed by atoms with Crippen molar-refractivity contribution in [3.63, 3.8) is 0 Å². The topological polar surface area (TPSA) is 71.3 Å². The van der Waals surface area contributed by atoms with Crippen LogP contribution < -0.4 is 14.8 Å². The van der Waals surface area contributed by atoms with Crippen LogP contribution in [0.15, 0.2) is 84.4 Å². The van der Waals surface area contributed by atoms with Gasteiger partial charge >= 0.3 is 0 Å². The molecule has 0 heterocycles. The summed E-state index contributed by atoms with van der Waals surface area (Å²) in [6.45, 7) is 4.49. The lowest BCUT2D eigenvalue weighted by molar-refractivity contribution is -0.112. The summed E-state index contributed by atoms with van der Waals surface area (Å²) in [6.07, 6.45) is 1.48. The molecule has 1 amide bonds. The summed E-state index contributed by atoms with van der Waals surface area (Å²) < 4.78 is 11.8. The highest BCUT2D eigenvalue weighted by Gasteiger charge is 2.15. The molecule has 36 heavy (non-hydrogen) atoms. The summed E-state index contributed by atoms with van der Waals surface area (Å²) in [6, 6.07) is 27.0.